The number of aromatic nitrogens is 1. The first-order chi connectivity index (χ1) is 17.6. The smallest absolute Gasteiger partial charge is 0.216 e. The van der Waals surface area contributed by atoms with Gasteiger partial charge in [0.2, 0.25) is 5.69 Å². The van der Waals surface area contributed by atoms with Gasteiger partial charge in [-0.05, 0) is 78.8 Å². The minimum atomic E-state index is -0.241. The zero-order valence-electron chi connectivity index (χ0n) is 20.9. The van der Waals surface area contributed by atoms with Crippen LogP contribution >= 0.6 is 0 Å². The van der Waals surface area contributed by atoms with Crippen molar-refractivity contribution in [3.05, 3.63) is 89.9 Å². The third-order valence-electron chi connectivity index (χ3n) is 8.99. The Morgan fingerprint density at radius 1 is 0.806 bits per heavy atom. The molecular weight excluding hydrogens is 445 g/mol. The minimum absolute atomic E-state index is 0.241. The molecule has 5 aromatic rings. The molecule has 3 unspecified atom stereocenters. The number of fused-ring (bicyclic) bond motifs is 4. The molecule has 2 saturated carbocycles. The van der Waals surface area contributed by atoms with Crippen LogP contribution in [0.4, 0.5) is 4.39 Å². The predicted octanol–water partition coefficient (Wildman–Crippen LogP) is 8.49. The Hall–Kier alpha value is -3.46. The fraction of sp³-hybridized carbons (Fsp3) is 0.303. The lowest BCUT2D eigenvalue weighted by molar-refractivity contribution is -0.660. The van der Waals surface area contributed by atoms with Gasteiger partial charge in [0.1, 0.15) is 24.0 Å². The van der Waals surface area contributed by atoms with E-state index in [-0.39, 0.29) is 5.82 Å². The van der Waals surface area contributed by atoms with Gasteiger partial charge in [-0.15, -0.1) is 0 Å². The van der Waals surface area contributed by atoms with Crippen LogP contribution in [0.1, 0.15) is 49.1 Å². The highest BCUT2D eigenvalue weighted by Crippen LogP contribution is 2.52. The molecule has 2 aliphatic carbocycles. The highest BCUT2D eigenvalue weighted by atomic mass is 19.1. The van der Waals surface area contributed by atoms with Gasteiger partial charge in [-0.2, -0.15) is 0 Å². The van der Waals surface area contributed by atoms with E-state index in [0.29, 0.717) is 17.1 Å². The van der Waals surface area contributed by atoms with Crippen molar-refractivity contribution < 1.29 is 13.4 Å². The van der Waals surface area contributed by atoms with E-state index in [2.05, 4.69) is 54.0 Å². The molecule has 2 fully saturated rings. The van der Waals surface area contributed by atoms with Crippen LogP contribution in [-0.2, 0) is 7.05 Å². The minimum Gasteiger partial charge on any atom is -0.454 e. The SMILES string of the molecule is Cc1ccc2c(oc3c(-c4ccc(C5CCC6CCCC65)cc4)c(F)ccc32)c1-c1cccc[n+]1C. The number of hydrogen-bond donors (Lipinski definition) is 0. The molecule has 2 aliphatic rings. The van der Waals surface area contributed by atoms with Crippen LogP contribution in [0.5, 0.6) is 0 Å². The number of halogens is 1. The number of hydrogen-bond acceptors (Lipinski definition) is 1. The van der Waals surface area contributed by atoms with E-state index in [9.17, 15) is 0 Å². The van der Waals surface area contributed by atoms with Gasteiger partial charge < -0.3 is 4.42 Å². The molecule has 3 aromatic carbocycles. The van der Waals surface area contributed by atoms with Crippen molar-refractivity contribution in [2.24, 2.45) is 18.9 Å². The van der Waals surface area contributed by atoms with Gasteiger partial charge in [0.15, 0.2) is 6.20 Å². The summed E-state index contributed by atoms with van der Waals surface area (Å²) >= 11 is 0. The molecule has 0 radical (unpaired) electrons. The first-order valence-corrected chi connectivity index (χ1v) is 13.3. The number of benzene rings is 3. The molecule has 7 rings (SSSR count). The standard InChI is InChI=1S/C33H31FNO/c1-20-9-15-26-27-17-18-28(34)31(33(27)36-32(26)30(20)29-8-3-4-19-35(29)2)23-12-10-22(11-13-23)25-16-14-21-6-5-7-24(21)25/h3-4,8-13,15,17-19,21,24-25H,5-7,14,16H2,1-2H3/q+1. The van der Waals surface area contributed by atoms with E-state index >= 15 is 4.39 Å². The van der Waals surface area contributed by atoms with Crippen LogP contribution in [0.3, 0.4) is 0 Å². The largest absolute Gasteiger partial charge is 0.454 e. The molecule has 0 aliphatic heterocycles. The van der Waals surface area contributed by atoms with Crippen LogP contribution in [0, 0.1) is 24.6 Å². The van der Waals surface area contributed by atoms with Crippen LogP contribution in [0.25, 0.3) is 44.3 Å². The normalized spacial score (nSPS) is 21.5. The van der Waals surface area contributed by atoms with E-state index in [1.54, 1.807) is 6.07 Å². The third-order valence-corrected chi connectivity index (χ3v) is 8.99. The van der Waals surface area contributed by atoms with Crippen molar-refractivity contribution in [1.82, 2.24) is 0 Å². The molecule has 0 amide bonds. The second-order valence-electron chi connectivity index (χ2n) is 10.9. The topological polar surface area (TPSA) is 17.0 Å². The summed E-state index contributed by atoms with van der Waals surface area (Å²) in [6.07, 6.45) is 8.85. The molecule has 2 aromatic heterocycles. The van der Waals surface area contributed by atoms with Crippen LogP contribution < -0.4 is 4.57 Å². The summed E-state index contributed by atoms with van der Waals surface area (Å²) in [6.45, 7) is 2.10. The van der Waals surface area contributed by atoms with Crippen molar-refractivity contribution in [3.8, 4) is 22.4 Å². The Morgan fingerprint density at radius 2 is 1.58 bits per heavy atom. The summed E-state index contributed by atoms with van der Waals surface area (Å²) in [5.41, 5.74) is 7.56. The lowest BCUT2D eigenvalue weighted by atomic mass is 9.86. The van der Waals surface area contributed by atoms with Gasteiger partial charge in [-0.25, -0.2) is 8.96 Å². The van der Waals surface area contributed by atoms with Gasteiger partial charge in [-0.1, -0.05) is 49.2 Å². The zero-order valence-corrected chi connectivity index (χ0v) is 20.9. The van der Waals surface area contributed by atoms with Crippen molar-refractivity contribution in [2.45, 2.75) is 44.9 Å². The molecule has 180 valence electrons. The Bertz CT molecular complexity index is 1610. The summed E-state index contributed by atoms with van der Waals surface area (Å²) in [7, 11) is 2.04. The fourth-order valence-corrected chi connectivity index (χ4v) is 7.22. The van der Waals surface area contributed by atoms with Gasteiger partial charge in [0.05, 0.1) is 11.1 Å². The molecule has 36 heavy (non-hydrogen) atoms. The first-order valence-electron chi connectivity index (χ1n) is 13.3. The van der Waals surface area contributed by atoms with Crippen molar-refractivity contribution >= 4 is 21.9 Å². The summed E-state index contributed by atoms with van der Waals surface area (Å²) in [6, 6.07) is 22.5. The first kappa shape index (κ1) is 21.8. The number of rotatable bonds is 3. The zero-order chi connectivity index (χ0) is 24.4. The number of pyridine rings is 1. The maximum Gasteiger partial charge on any atom is 0.216 e. The lowest BCUT2D eigenvalue weighted by Crippen LogP contribution is -2.30. The fourth-order valence-electron chi connectivity index (χ4n) is 7.22. The second kappa shape index (κ2) is 8.30. The van der Waals surface area contributed by atoms with E-state index in [1.165, 1.54) is 37.7 Å². The van der Waals surface area contributed by atoms with Gasteiger partial charge in [0, 0.05) is 22.9 Å². The second-order valence-corrected chi connectivity index (χ2v) is 10.9. The van der Waals surface area contributed by atoms with Crippen LogP contribution in [0.15, 0.2) is 77.3 Å². The van der Waals surface area contributed by atoms with Gasteiger partial charge in [-0.3, -0.25) is 0 Å². The van der Waals surface area contributed by atoms with E-state index in [0.717, 1.165) is 50.6 Å². The van der Waals surface area contributed by atoms with E-state index in [4.69, 9.17) is 4.42 Å². The Kier molecular flexibility index (Phi) is 5.02. The summed E-state index contributed by atoms with van der Waals surface area (Å²) in [4.78, 5) is 0. The Balaban J connectivity index is 1.38. The van der Waals surface area contributed by atoms with Crippen LogP contribution in [-0.4, -0.2) is 0 Å². The summed E-state index contributed by atoms with van der Waals surface area (Å²) < 4.78 is 24.1. The Labute approximate surface area is 211 Å². The molecule has 0 bridgehead atoms. The molecule has 2 heterocycles. The van der Waals surface area contributed by atoms with Crippen molar-refractivity contribution in [2.75, 3.05) is 0 Å². The Morgan fingerprint density at radius 3 is 2.39 bits per heavy atom. The predicted molar refractivity (Wildman–Crippen MR) is 143 cm³/mol. The van der Waals surface area contributed by atoms with Crippen molar-refractivity contribution in [3.63, 3.8) is 0 Å². The highest BCUT2D eigenvalue weighted by molar-refractivity contribution is 6.13. The maximum absolute atomic E-state index is 15.4. The number of aryl methyl sites for hydroxylation is 2. The molecule has 0 N–H and O–H groups in total. The van der Waals surface area contributed by atoms with Crippen LogP contribution in [0.2, 0.25) is 0 Å². The molecule has 0 spiro atoms. The van der Waals surface area contributed by atoms with Gasteiger partial charge >= 0.3 is 0 Å². The molecule has 2 nitrogen and oxygen atoms in total. The quantitative estimate of drug-likeness (QED) is 0.239. The maximum atomic E-state index is 15.4. The monoisotopic (exact) mass is 476 g/mol. The summed E-state index contributed by atoms with van der Waals surface area (Å²) in [5.74, 6) is 2.18. The molecular formula is C33H31FNO+. The molecule has 0 saturated heterocycles. The summed E-state index contributed by atoms with van der Waals surface area (Å²) in [5, 5.41) is 1.97. The highest BCUT2D eigenvalue weighted by Gasteiger charge is 2.39. The molecule has 3 atom stereocenters. The lowest BCUT2D eigenvalue weighted by Gasteiger charge is -2.19. The van der Waals surface area contributed by atoms with E-state index < -0.39 is 0 Å². The third kappa shape index (κ3) is 3.25. The number of furan rings is 1. The average molecular weight is 477 g/mol. The van der Waals surface area contributed by atoms with Gasteiger partial charge in [0.25, 0.3) is 0 Å². The average Bonchev–Trinajstić information content (AvgIpc) is 3.59. The van der Waals surface area contributed by atoms with E-state index in [1.807, 2.05) is 31.4 Å². The molecule has 3 heteroatoms. The number of nitrogens with zero attached hydrogens (tertiary/aromatic N) is 1. The van der Waals surface area contributed by atoms with Crippen molar-refractivity contribution in [1.29, 1.82) is 0 Å².